The predicted octanol–water partition coefficient (Wildman–Crippen LogP) is 4.63. The minimum absolute atomic E-state index is 0.0151. The molecular weight excluding hydrogens is 425 g/mol. The molecule has 0 saturated carbocycles. The number of hydrogen-bond donors (Lipinski definition) is 0. The van der Waals surface area contributed by atoms with Crippen molar-refractivity contribution in [2.24, 2.45) is 0 Å². The van der Waals surface area contributed by atoms with E-state index >= 15 is 0 Å². The van der Waals surface area contributed by atoms with Gasteiger partial charge in [-0.15, -0.1) is 0 Å². The summed E-state index contributed by atoms with van der Waals surface area (Å²) in [7, 11) is -3.56. The molecule has 1 aromatic rings. The number of amides is 1. The summed E-state index contributed by atoms with van der Waals surface area (Å²) in [6.45, 7) is 6.43. The zero-order valence-corrected chi connectivity index (χ0v) is 19.0. The molecule has 1 aliphatic heterocycles. The number of nitrogens with zero attached hydrogens (tertiary/aromatic N) is 1. The Hall–Kier alpha value is -1.02. The first-order chi connectivity index (χ1) is 12.8. The van der Waals surface area contributed by atoms with E-state index in [0.717, 1.165) is 24.7 Å². The van der Waals surface area contributed by atoms with Crippen LogP contribution in [-0.4, -0.2) is 51.0 Å². The highest BCUT2D eigenvalue weighted by Crippen LogP contribution is 2.40. The lowest BCUT2D eigenvalue weighted by Gasteiger charge is -2.43. The van der Waals surface area contributed by atoms with Crippen LogP contribution in [0.25, 0.3) is 0 Å². The quantitative estimate of drug-likeness (QED) is 0.610. The van der Waals surface area contributed by atoms with Crippen molar-refractivity contribution in [3.63, 3.8) is 0 Å². The Balaban J connectivity index is 2.31. The minimum Gasteiger partial charge on any atom is -0.444 e. The molecule has 1 saturated heterocycles. The molecule has 1 fully saturated rings. The lowest BCUT2D eigenvalue weighted by Crippen LogP contribution is -2.50. The Kier molecular flexibility index (Phi) is 7.29. The maximum absolute atomic E-state index is 12.6. The van der Waals surface area contributed by atoms with E-state index < -0.39 is 21.1 Å². The number of halogens is 2. The highest BCUT2D eigenvalue weighted by atomic mass is 35.5. The fourth-order valence-corrected chi connectivity index (χ4v) is 4.10. The van der Waals surface area contributed by atoms with E-state index in [1.807, 2.05) is 26.8 Å². The van der Waals surface area contributed by atoms with E-state index in [4.69, 9.17) is 32.1 Å². The Labute approximate surface area is 177 Å². The van der Waals surface area contributed by atoms with Gasteiger partial charge in [-0.3, -0.25) is 4.18 Å². The smallest absolute Gasteiger partial charge is 0.410 e. The lowest BCUT2D eigenvalue weighted by atomic mass is 9.72. The molecule has 1 aliphatic rings. The molecule has 2 rings (SSSR count). The molecule has 0 N–H and O–H groups in total. The monoisotopic (exact) mass is 451 g/mol. The molecule has 158 valence electrons. The fraction of sp³-hybridized carbons (Fsp3) is 0.632. The largest absolute Gasteiger partial charge is 0.444 e. The van der Waals surface area contributed by atoms with E-state index in [1.165, 1.54) is 0 Å². The molecular formula is C19H27Cl2NO5S. The highest BCUT2D eigenvalue weighted by molar-refractivity contribution is 7.85. The maximum atomic E-state index is 12.6. The molecule has 0 aromatic heterocycles. The van der Waals surface area contributed by atoms with Crippen molar-refractivity contribution in [1.29, 1.82) is 0 Å². The summed E-state index contributed by atoms with van der Waals surface area (Å²) >= 11 is 12.3. The number of hydrogen-bond acceptors (Lipinski definition) is 5. The van der Waals surface area contributed by atoms with Crippen molar-refractivity contribution in [2.45, 2.75) is 51.0 Å². The minimum atomic E-state index is -3.56. The van der Waals surface area contributed by atoms with Gasteiger partial charge in [0.2, 0.25) is 0 Å². The van der Waals surface area contributed by atoms with E-state index in [0.29, 0.717) is 29.6 Å². The van der Waals surface area contributed by atoms with Gasteiger partial charge in [-0.2, -0.15) is 8.42 Å². The molecule has 0 spiro atoms. The number of carbonyl (C=O) groups is 1. The van der Waals surface area contributed by atoms with Crippen LogP contribution in [0.3, 0.4) is 0 Å². The van der Waals surface area contributed by atoms with E-state index in [1.54, 1.807) is 17.0 Å². The van der Waals surface area contributed by atoms with Gasteiger partial charge in [0, 0.05) is 18.5 Å². The maximum Gasteiger partial charge on any atom is 0.410 e. The summed E-state index contributed by atoms with van der Waals surface area (Å²) in [5.41, 5.74) is -0.207. The second-order valence-electron chi connectivity index (χ2n) is 8.19. The molecule has 1 amide bonds. The number of rotatable bonds is 5. The van der Waals surface area contributed by atoms with Gasteiger partial charge in [0.25, 0.3) is 10.1 Å². The van der Waals surface area contributed by atoms with Crippen LogP contribution >= 0.6 is 23.2 Å². The first-order valence-electron chi connectivity index (χ1n) is 9.09. The van der Waals surface area contributed by atoms with Crippen LogP contribution in [0.2, 0.25) is 10.0 Å². The standard InChI is InChI=1S/C19H27Cl2NO5S/c1-18(2,3)27-17(23)22-10-5-8-19(13-22,9-11-26-28(4,24)25)14-6-7-15(20)16(21)12-14/h6-7,12H,5,8-11,13H2,1-4H3/t19-/m1/s1. The summed E-state index contributed by atoms with van der Waals surface area (Å²) in [5.74, 6) is 0. The molecule has 1 aromatic carbocycles. The Morgan fingerprint density at radius 2 is 1.93 bits per heavy atom. The van der Waals surface area contributed by atoms with Crippen LogP contribution in [0.5, 0.6) is 0 Å². The topological polar surface area (TPSA) is 72.9 Å². The molecule has 0 bridgehead atoms. The number of benzene rings is 1. The normalized spacial score (nSPS) is 20.9. The summed E-state index contributed by atoms with van der Waals surface area (Å²) in [6.07, 6.45) is 2.56. The third kappa shape index (κ3) is 6.51. The Morgan fingerprint density at radius 1 is 1.25 bits per heavy atom. The molecule has 0 aliphatic carbocycles. The molecule has 0 radical (unpaired) electrons. The van der Waals surface area contributed by atoms with Crippen molar-refractivity contribution in [1.82, 2.24) is 4.90 Å². The molecule has 1 heterocycles. The van der Waals surface area contributed by atoms with Crippen molar-refractivity contribution in [2.75, 3.05) is 26.0 Å². The van der Waals surface area contributed by atoms with Crippen LogP contribution < -0.4 is 0 Å². The number of carbonyl (C=O) groups excluding carboxylic acids is 1. The van der Waals surface area contributed by atoms with Gasteiger partial charge in [0.15, 0.2) is 0 Å². The van der Waals surface area contributed by atoms with Crippen LogP contribution in [0.4, 0.5) is 4.79 Å². The third-order valence-corrected chi connectivity index (χ3v) is 5.97. The highest BCUT2D eigenvalue weighted by Gasteiger charge is 2.40. The molecule has 6 nitrogen and oxygen atoms in total. The van der Waals surface area contributed by atoms with Crippen molar-refractivity contribution >= 4 is 39.4 Å². The van der Waals surface area contributed by atoms with E-state index in [9.17, 15) is 13.2 Å². The molecule has 1 atom stereocenters. The van der Waals surface area contributed by atoms with Gasteiger partial charge in [0.1, 0.15) is 5.60 Å². The van der Waals surface area contributed by atoms with Crippen LogP contribution in [-0.2, 0) is 24.5 Å². The first kappa shape index (κ1) is 23.3. The summed E-state index contributed by atoms with van der Waals surface area (Å²) in [6, 6.07) is 5.36. The number of likely N-dealkylation sites (tertiary alicyclic amines) is 1. The van der Waals surface area contributed by atoms with Gasteiger partial charge in [-0.1, -0.05) is 29.3 Å². The second kappa shape index (κ2) is 8.78. The van der Waals surface area contributed by atoms with Crippen LogP contribution in [0, 0.1) is 0 Å². The number of piperidine rings is 1. The van der Waals surface area contributed by atoms with Crippen LogP contribution in [0.15, 0.2) is 18.2 Å². The Bertz CT molecular complexity index is 822. The van der Waals surface area contributed by atoms with Gasteiger partial charge >= 0.3 is 6.09 Å². The van der Waals surface area contributed by atoms with E-state index in [-0.39, 0.29) is 12.7 Å². The predicted molar refractivity (Wildman–Crippen MR) is 111 cm³/mol. The molecule has 9 heteroatoms. The van der Waals surface area contributed by atoms with Gasteiger partial charge in [0.05, 0.1) is 22.9 Å². The van der Waals surface area contributed by atoms with Crippen molar-refractivity contribution in [3.05, 3.63) is 33.8 Å². The zero-order valence-electron chi connectivity index (χ0n) is 16.6. The Morgan fingerprint density at radius 3 is 2.50 bits per heavy atom. The zero-order chi connectivity index (χ0) is 21.2. The van der Waals surface area contributed by atoms with E-state index in [2.05, 4.69) is 0 Å². The lowest BCUT2D eigenvalue weighted by molar-refractivity contribution is 0.0116. The van der Waals surface area contributed by atoms with Gasteiger partial charge < -0.3 is 9.64 Å². The average Bonchev–Trinajstić information content (AvgIpc) is 2.55. The fourth-order valence-electron chi connectivity index (χ4n) is 3.41. The van der Waals surface area contributed by atoms with Crippen molar-refractivity contribution in [3.8, 4) is 0 Å². The first-order valence-corrected chi connectivity index (χ1v) is 11.7. The van der Waals surface area contributed by atoms with Gasteiger partial charge in [-0.05, 0) is 57.7 Å². The van der Waals surface area contributed by atoms with Gasteiger partial charge in [-0.25, -0.2) is 4.79 Å². The molecule has 28 heavy (non-hydrogen) atoms. The average molecular weight is 452 g/mol. The summed E-state index contributed by atoms with van der Waals surface area (Å²) in [4.78, 5) is 14.3. The third-order valence-electron chi connectivity index (χ3n) is 4.64. The second-order valence-corrected chi connectivity index (χ2v) is 10.6. The van der Waals surface area contributed by atoms with Crippen LogP contribution in [0.1, 0.15) is 45.6 Å². The molecule has 0 unspecified atom stereocenters. The van der Waals surface area contributed by atoms with Crippen molar-refractivity contribution < 1.29 is 22.1 Å². The number of ether oxygens (including phenoxy) is 1. The summed E-state index contributed by atoms with van der Waals surface area (Å²) < 4.78 is 33.3. The SMILES string of the molecule is CC(C)(C)OC(=O)N1CCC[C@](CCOS(C)(=O)=O)(c2ccc(Cl)c(Cl)c2)C1. The summed E-state index contributed by atoms with van der Waals surface area (Å²) in [5, 5.41) is 0.852.